The molecule has 1 heterocycles. The number of benzene rings is 1. The Hall–Kier alpha value is -2.43. The summed E-state index contributed by atoms with van der Waals surface area (Å²) in [6, 6.07) is 7.73. The van der Waals surface area contributed by atoms with Crippen LogP contribution in [0.25, 0.3) is 0 Å². The second-order valence-corrected chi connectivity index (χ2v) is 4.67. The molecule has 21 heavy (non-hydrogen) atoms. The quantitative estimate of drug-likeness (QED) is 0.888. The molecule has 4 nitrogen and oxygen atoms in total. The monoisotopic (exact) mass is 287 g/mol. The average Bonchev–Trinajstić information content (AvgIpc) is 2.48. The summed E-state index contributed by atoms with van der Waals surface area (Å²) in [5.41, 5.74) is 1.62. The summed E-state index contributed by atoms with van der Waals surface area (Å²) in [5, 5.41) is 5.90. The first kappa shape index (κ1) is 15.0. The van der Waals surface area contributed by atoms with E-state index in [1.54, 1.807) is 37.4 Å². The standard InChI is InChI=1S/C16H18FN3O/c1-3-19-15-8-9-18-10-13(15)16(21)20-11(2)12-6-4-5-7-14(12)17/h4-11H,3H2,1-2H3,(H,18,19)(H,20,21). The molecular weight excluding hydrogens is 269 g/mol. The topological polar surface area (TPSA) is 54.0 Å². The molecule has 0 fully saturated rings. The van der Waals surface area contributed by atoms with Crippen molar-refractivity contribution in [3.05, 3.63) is 59.7 Å². The fourth-order valence-corrected chi connectivity index (χ4v) is 2.10. The molecule has 0 aliphatic rings. The second kappa shape index (κ2) is 6.83. The molecule has 1 atom stereocenters. The number of amides is 1. The Balaban J connectivity index is 2.17. The first-order valence-corrected chi connectivity index (χ1v) is 6.86. The van der Waals surface area contributed by atoms with Crippen molar-refractivity contribution >= 4 is 11.6 Å². The van der Waals surface area contributed by atoms with Gasteiger partial charge in [0, 0.05) is 24.5 Å². The normalized spacial score (nSPS) is 11.8. The van der Waals surface area contributed by atoms with Crippen LogP contribution in [0, 0.1) is 5.82 Å². The van der Waals surface area contributed by atoms with Gasteiger partial charge in [-0.15, -0.1) is 0 Å². The minimum atomic E-state index is -0.423. The van der Waals surface area contributed by atoms with Gasteiger partial charge in [-0.25, -0.2) is 4.39 Å². The molecule has 1 unspecified atom stereocenters. The van der Waals surface area contributed by atoms with Crippen molar-refractivity contribution in [2.24, 2.45) is 0 Å². The van der Waals surface area contributed by atoms with Crippen LogP contribution in [-0.2, 0) is 0 Å². The molecule has 5 heteroatoms. The maximum absolute atomic E-state index is 13.7. The van der Waals surface area contributed by atoms with E-state index < -0.39 is 6.04 Å². The van der Waals surface area contributed by atoms with Crippen LogP contribution in [0.2, 0.25) is 0 Å². The van der Waals surface area contributed by atoms with Crippen molar-refractivity contribution in [2.45, 2.75) is 19.9 Å². The van der Waals surface area contributed by atoms with E-state index in [4.69, 9.17) is 0 Å². The predicted octanol–water partition coefficient (Wildman–Crippen LogP) is 3.14. The van der Waals surface area contributed by atoms with Crippen molar-refractivity contribution in [1.29, 1.82) is 0 Å². The number of nitrogens with zero attached hydrogens (tertiary/aromatic N) is 1. The molecule has 2 rings (SSSR count). The van der Waals surface area contributed by atoms with E-state index >= 15 is 0 Å². The lowest BCUT2D eigenvalue weighted by atomic mass is 10.1. The van der Waals surface area contributed by atoms with Gasteiger partial charge < -0.3 is 10.6 Å². The van der Waals surface area contributed by atoms with Gasteiger partial charge in [-0.05, 0) is 26.0 Å². The van der Waals surface area contributed by atoms with E-state index in [0.29, 0.717) is 23.4 Å². The van der Waals surface area contributed by atoms with Crippen LogP contribution in [0.5, 0.6) is 0 Å². The number of pyridine rings is 1. The van der Waals surface area contributed by atoms with Gasteiger partial charge in [0.2, 0.25) is 0 Å². The lowest BCUT2D eigenvalue weighted by Crippen LogP contribution is -2.28. The number of carbonyl (C=O) groups is 1. The third-order valence-corrected chi connectivity index (χ3v) is 3.15. The number of carbonyl (C=O) groups excluding carboxylic acids is 1. The fraction of sp³-hybridized carbons (Fsp3) is 0.250. The molecule has 0 aliphatic carbocycles. The van der Waals surface area contributed by atoms with Crippen LogP contribution < -0.4 is 10.6 Å². The van der Waals surface area contributed by atoms with Crippen LogP contribution in [0.3, 0.4) is 0 Å². The third kappa shape index (κ3) is 3.56. The number of anilines is 1. The number of rotatable bonds is 5. The van der Waals surface area contributed by atoms with Crippen LogP contribution in [-0.4, -0.2) is 17.4 Å². The number of hydrogen-bond donors (Lipinski definition) is 2. The summed E-state index contributed by atoms with van der Waals surface area (Å²) >= 11 is 0. The van der Waals surface area contributed by atoms with E-state index in [1.165, 1.54) is 12.3 Å². The smallest absolute Gasteiger partial charge is 0.255 e. The predicted molar refractivity (Wildman–Crippen MR) is 80.7 cm³/mol. The Labute approximate surface area is 123 Å². The van der Waals surface area contributed by atoms with Crippen LogP contribution in [0.4, 0.5) is 10.1 Å². The molecule has 0 aliphatic heterocycles. The van der Waals surface area contributed by atoms with Crippen molar-refractivity contribution in [3.63, 3.8) is 0 Å². The van der Waals surface area contributed by atoms with Crippen molar-refractivity contribution < 1.29 is 9.18 Å². The molecule has 0 saturated heterocycles. The van der Waals surface area contributed by atoms with Crippen molar-refractivity contribution in [3.8, 4) is 0 Å². The van der Waals surface area contributed by atoms with E-state index in [2.05, 4.69) is 15.6 Å². The maximum Gasteiger partial charge on any atom is 0.255 e. The molecule has 2 N–H and O–H groups in total. The Morgan fingerprint density at radius 2 is 2.10 bits per heavy atom. The van der Waals surface area contributed by atoms with Crippen molar-refractivity contribution in [1.82, 2.24) is 10.3 Å². The maximum atomic E-state index is 13.7. The van der Waals surface area contributed by atoms with E-state index in [-0.39, 0.29) is 11.7 Å². The van der Waals surface area contributed by atoms with Gasteiger partial charge in [0.25, 0.3) is 5.91 Å². The Morgan fingerprint density at radius 3 is 2.81 bits per heavy atom. The molecule has 0 bridgehead atoms. The van der Waals surface area contributed by atoms with Gasteiger partial charge in [0.05, 0.1) is 17.3 Å². The largest absolute Gasteiger partial charge is 0.385 e. The number of nitrogens with one attached hydrogen (secondary N) is 2. The SMILES string of the molecule is CCNc1ccncc1C(=O)NC(C)c1ccccc1F. The fourth-order valence-electron chi connectivity index (χ4n) is 2.10. The molecule has 1 aromatic carbocycles. The summed E-state index contributed by atoms with van der Waals surface area (Å²) in [6.07, 6.45) is 3.12. The second-order valence-electron chi connectivity index (χ2n) is 4.67. The van der Waals surface area contributed by atoms with Crippen LogP contribution >= 0.6 is 0 Å². The molecule has 0 radical (unpaired) electrons. The zero-order chi connectivity index (χ0) is 15.2. The lowest BCUT2D eigenvalue weighted by molar-refractivity contribution is 0.0940. The van der Waals surface area contributed by atoms with Gasteiger partial charge in [-0.2, -0.15) is 0 Å². The lowest BCUT2D eigenvalue weighted by Gasteiger charge is -2.16. The molecule has 0 spiro atoms. The summed E-state index contributed by atoms with van der Waals surface area (Å²) in [4.78, 5) is 16.3. The molecular formula is C16H18FN3O. The highest BCUT2D eigenvalue weighted by Gasteiger charge is 2.16. The Bertz CT molecular complexity index is 630. The molecule has 1 amide bonds. The molecule has 1 aromatic heterocycles. The highest BCUT2D eigenvalue weighted by molar-refractivity contribution is 5.99. The Morgan fingerprint density at radius 1 is 1.33 bits per heavy atom. The van der Waals surface area contributed by atoms with E-state index in [1.807, 2.05) is 6.92 Å². The summed E-state index contributed by atoms with van der Waals surface area (Å²) in [5.74, 6) is -0.613. The van der Waals surface area contributed by atoms with Gasteiger partial charge >= 0.3 is 0 Å². The molecule has 110 valence electrons. The minimum absolute atomic E-state index is 0.283. The van der Waals surface area contributed by atoms with Gasteiger partial charge in [-0.3, -0.25) is 9.78 Å². The zero-order valence-corrected chi connectivity index (χ0v) is 12.1. The van der Waals surface area contributed by atoms with Gasteiger partial charge in [0.15, 0.2) is 0 Å². The van der Waals surface area contributed by atoms with Gasteiger partial charge in [0.1, 0.15) is 5.82 Å². The average molecular weight is 287 g/mol. The third-order valence-electron chi connectivity index (χ3n) is 3.15. The zero-order valence-electron chi connectivity index (χ0n) is 12.1. The highest BCUT2D eigenvalue weighted by atomic mass is 19.1. The van der Waals surface area contributed by atoms with Gasteiger partial charge in [-0.1, -0.05) is 18.2 Å². The van der Waals surface area contributed by atoms with Crippen LogP contribution in [0.15, 0.2) is 42.7 Å². The van der Waals surface area contributed by atoms with Crippen LogP contribution in [0.1, 0.15) is 35.8 Å². The highest BCUT2D eigenvalue weighted by Crippen LogP contribution is 2.18. The minimum Gasteiger partial charge on any atom is -0.385 e. The first-order chi connectivity index (χ1) is 10.1. The Kier molecular flexibility index (Phi) is 4.87. The van der Waals surface area contributed by atoms with Crippen molar-refractivity contribution in [2.75, 3.05) is 11.9 Å². The molecule has 2 aromatic rings. The number of halogens is 1. The van der Waals surface area contributed by atoms with E-state index in [0.717, 1.165) is 0 Å². The summed E-state index contributed by atoms with van der Waals surface area (Å²) < 4.78 is 13.7. The first-order valence-electron chi connectivity index (χ1n) is 6.86. The summed E-state index contributed by atoms with van der Waals surface area (Å²) in [7, 11) is 0. The number of hydrogen-bond acceptors (Lipinski definition) is 3. The van der Waals surface area contributed by atoms with E-state index in [9.17, 15) is 9.18 Å². The summed E-state index contributed by atoms with van der Waals surface area (Å²) in [6.45, 7) is 4.40. The molecule has 0 saturated carbocycles. The number of aromatic nitrogens is 1.